The number of nitrogens with one attached hydrogen (secondary N) is 2. The molecule has 0 aliphatic heterocycles. The van der Waals surface area contributed by atoms with Gasteiger partial charge in [0.1, 0.15) is 17.9 Å². The molecule has 0 saturated heterocycles. The van der Waals surface area contributed by atoms with E-state index in [1.165, 1.54) is 11.1 Å². The van der Waals surface area contributed by atoms with Crippen LogP contribution in [0.25, 0.3) is 11.0 Å². The van der Waals surface area contributed by atoms with E-state index in [2.05, 4.69) is 36.5 Å². The molecule has 0 aliphatic carbocycles. The molecule has 2 aromatic carbocycles. The Balaban J connectivity index is 1.55. The number of rotatable bonds is 6. The highest BCUT2D eigenvalue weighted by Crippen LogP contribution is 2.23. The van der Waals surface area contributed by atoms with Crippen LogP contribution in [0.1, 0.15) is 29.9 Å². The molecule has 1 heterocycles. The van der Waals surface area contributed by atoms with Crippen LogP contribution in [0.4, 0.5) is 0 Å². The number of aryl methyl sites for hydroxylation is 1. The summed E-state index contributed by atoms with van der Waals surface area (Å²) in [4.78, 5) is 13.5. The predicted octanol–water partition coefficient (Wildman–Crippen LogP) is 2.63. The molecule has 0 spiro atoms. The van der Waals surface area contributed by atoms with E-state index in [1.807, 2.05) is 44.3 Å². The molecular weight excluding hydrogens is 312 g/mol. The fraction of sp³-hybridized carbons (Fsp3) is 0.286. The average Bonchev–Trinajstić information content (AvgIpc) is 3.01. The number of amides is 1. The lowest BCUT2D eigenvalue weighted by Crippen LogP contribution is -3.08. The van der Waals surface area contributed by atoms with Crippen LogP contribution in [-0.4, -0.2) is 19.5 Å². The summed E-state index contributed by atoms with van der Waals surface area (Å²) >= 11 is 0. The topological polar surface area (TPSA) is 46.7 Å². The summed E-state index contributed by atoms with van der Waals surface area (Å²) in [5.41, 5.74) is 3.33. The predicted molar refractivity (Wildman–Crippen MR) is 99.4 cm³/mol. The molecule has 1 amide bonds. The molecule has 0 fully saturated rings. The molecular formula is C21H25N2O2+. The molecule has 0 aliphatic rings. The van der Waals surface area contributed by atoms with Gasteiger partial charge in [-0.2, -0.15) is 0 Å². The number of furan rings is 1. The molecule has 130 valence electrons. The third-order valence-corrected chi connectivity index (χ3v) is 4.34. The third kappa shape index (κ3) is 4.48. The molecule has 2 N–H and O–H groups in total. The first-order valence-electron chi connectivity index (χ1n) is 8.66. The van der Waals surface area contributed by atoms with E-state index in [9.17, 15) is 4.79 Å². The highest BCUT2D eigenvalue weighted by Gasteiger charge is 2.17. The molecule has 3 rings (SSSR count). The summed E-state index contributed by atoms with van der Waals surface area (Å²) in [5.74, 6) is 0.809. The van der Waals surface area contributed by atoms with E-state index in [0.29, 0.717) is 6.54 Å². The van der Waals surface area contributed by atoms with Gasteiger partial charge in [-0.05, 0) is 26.0 Å². The van der Waals surface area contributed by atoms with E-state index < -0.39 is 0 Å². The third-order valence-electron chi connectivity index (χ3n) is 4.34. The number of hydrogen-bond acceptors (Lipinski definition) is 2. The number of benzene rings is 2. The van der Waals surface area contributed by atoms with Crippen molar-refractivity contribution in [2.75, 3.05) is 13.6 Å². The lowest BCUT2D eigenvalue weighted by molar-refractivity contribution is -0.885. The van der Waals surface area contributed by atoms with Crippen LogP contribution in [0.5, 0.6) is 0 Å². The van der Waals surface area contributed by atoms with Gasteiger partial charge in [0.2, 0.25) is 0 Å². The molecule has 0 radical (unpaired) electrons. The first-order valence-corrected chi connectivity index (χ1v) is 8.66. The van der Waals surface area contributed by atoms with Crippen molar-refractivity contribution in [1.29, 1.82) is 0 Å². The molecule has 25 heavy (non-hydrogen) atoms. The van der Waals surface area contributed by atoms with E-state index in [0.717, 1.165) is 28.2 Å². The van der Waals surface area contributed by atoms with Gasteiger partial charge in [-0.25, -0.2) is 0 Å². The molecule has 1 aromatic heterocycles. The summed E-state index contributed by atoms with van der Waals surface area (Å²) in [6.07, 6.45) is 0. The fourth-order valence-electron chi connectivity index (χ4n) is 2.97. The second kappa shape index (κ2) is 7.53. The maximum atomic E-state index is 12.3. The van der Waals surface area contributed by atoms with Crippen LogP contribution in [0, 0.1) is 6.92 Å². The Bertz CT molecular complexity index is 819. The first kappa shape index (κ1) is 17.2. The lowest BCUT2D eigenvalue weighted by Gasteiger charge is -2.16. The second-order valence-corrected chi connectivity index (χ2v) is 6.77. The van der Waals surface area contributed by atoms with Crippen LogP contribution in [0.2, 0.25) is 0 Å². The van der Waals surface area contributed by atoms with Crippen LogP contribution in [-0.2, 0) is 11.3 Å². The van der Waals surface area contributed by atoms with E-state index in [-0.39, 0.29) is 11.9 Å². The van der Waals surface area contributed by atoms with Gasteiger partial charge in [-0.15, -0.1) is 0 Å². The number of likely N-dealkylation sites (N-methyl/N-ethyl adjacent to an activating group) is 1. The summed E-state index contributed by atoms with van der Waals surface area (Å²) in [6, 6.07) is 18.2. The van der Waals surface area contributed by atoms with Crippen molar-refractivity contribution >= 4 is 16.9 Å². The summed E-state index contributed by atoms with van der Waals surface area (Å²) in [7, 11) is 2.03. The van der Waals surface area contributed by atoms with Crippen molar-refractivity contribution in [3.05, 3.63) is 71.5 Å². The summed E-state index contributed by atoms with van der Waals surface area (Å²) in [6.45, 7) is 5.28. The first-order chi connectivity index (χ1) is 12.0. The minimum absolute atomic E-state index is 0.0255. The molecule has 0 saturated carbocycles. The number of quaternary nitrogens is 1. The molecule has 3 aromatic rings. The minimum atomic E-state index is -0.146. The summed E-state index contributed by atoms with van der Waals surface area (Å²) < 4.78 is 5.82. The quantitative estimate of drug-likeness (QED) is 0.726. The molecule has 0 bridgehead atoms. The van der Waals surface area contributed by atoms with Gasteiger partial charge in [-0.1, -0.05) is 48.0 Å². The molecule has 4 heteroatoms. The zero-order valence-corrected chi connectivity index (χ0v) is 15.0. The van der Waals surface area contributed by atoms with E-state index >= 15 is 0 Å². The number of fused-ring (bicyclic) bond motifs is 1. The zero-order chi connectivity index (χ0) is 17.8. The maximum Gasteiger partial charge on any atom is 0.275 e. The van der Waals surface area contributed by atoms with Crippen molar-refractivity contribution < 1.29 is 14.1 Å². The van der Waals surface area contributed by atoms with Crippen LogP contribution < -0.4 is 10.2 Å². The molecule has 1 unspecified atom stereocenters. The SMILES string of the molecule is Cc1ccc(C[NH+](C)CC(=O)N[C@@H](C)c2cc3ccccc3o2)cc1. The number of para-hydroxylation sites is 1. The Labute approximate surface area is 148 Å². The molecule has 2 atom stereocenters. The van der Waals surface area contributed by atoms with Crippen LogP contribution in [0.15, 0.2) is 59.0 Å². The molecule has 4 nitrogen and oxygen atoms in total. The van der Waals surface area contributed by atoms with Gasteiger partial charge in [-0.3, -0.25) is 4.79 Å². The van der Waals surface area contributed by atoms with Gasteiger partial charge >= 0.3 is 0 Å². The Morgan fingerprint density at radius 2 is 1.88 bits per heavy atom. The normalized spacial score (nSPS) is 13.6. The maximum absolute atomic E-state index is 12.3. The number of carbonyl (C=O) groups excluding carboxylic acids is 1. The van der Waals surface area contributed by atoms with Gasteiger partial charge in [0.25, 0.3) is 5.91 Å². The monoisotopic (exact) mass is 337 g/mol. The van der Waals surface area contributed by atoms with Gasteiger partial charge < -0.3 is 14.6 Å². The minimum Gasteiger partial charge on any atom is -0.459 e. The highest BCUT2D eigenvalue weighted by molar-refractivity contribution is 5.79. The second-order valence-electron chi connectivity index (χ2n) is 6.77. The van der Waals surface area contributed by atoms with Crippen molar-refractivity contribution in [1.82, 2.24) is 5.32 Å². The van der Waals surface area contributed by atoms with Gasteiger partial charge in [0.15, 0.2) is 6.54 Å². The standard InChI is InChI=1S/C21H24N2O2/c1-15-8-10-17(11-9-15)13-23(3)14-21(24)22-16(2)20-12-18-6-4-5-7-19(18)25-20/h4-12,16H,13-14H2,1-3H3,(H,22,24)/p+1/t16-/m0/s1. The zero-order valence-electron chi connectivity index (χ0n) is 15.0. The Morgan fingerprint density at radius 3 is 2.60 bits per heavy atom. The van der Waals surface area contributed by atoms with E-state index in [4.69, 9.17) is 4.42 Å². The van der Waals surface area contributed by atoms with Crippen LogP contribution in [0.3, 0.4) is 0 Å². The van der Waals surface area contributed by atoms with E-state index in [1.54, 1.807) is 0 Å². The van der Waals surface area contributed by atoms with Gasteiger partial charge in [0.05, 0.1) is 13.1 Å². The number of hydrogen-bond donors (Lipinski definition) is 2. The van der Waals surface area contributed by atoms with Crippen molar-refractivity contribution in [2.24, 2.45) is 0 Å². The Kier molecular flexibility index (Phi) is 5.19. The smallest absolute Gasteiger partial charge is 0.275 e. The lowest BCUT2D eigenvalue weighted by atomic mass is 10.1. The summed E-state index contributed by atoms with van der Waals surface area (Å²) in [5, 5.41) is 4.09. The van der Waals surface area contributed by atoms with Crippen molar-refractivity contribution in [2.45, 2.75) is 26.4 Å². The number of carbonyl (C=O) groups is 1. The van der Waals surface area contributed by atoms with Crippen LogP contribution >= 0.6 is 0 Å². The average molecular weight is 337 g/mol. The largest absolute Gasteiger partial charge is 0.459 e. The Hall–Kier alpha value is -2.59. The fourth-order valence-corrected chi connectivity index (χ4v) is 2.97. The highest BCUT2D eigenvalue weighted by atomic mass is 16.3. The Morgan fingerprint density at radius 1 is 1.16 bits per heavy atom. The van der Waals surface area contributed by atoms with Gasteiger partial charge in [0, 0.05) is 10.9 Å². The van der Waals surface area contributed by atoms with Crippen molar-refractivity contribution in [3.8, 4) is 0 Å². The van der Waals surface area contributed by atoms with Crippen molar-refractivity contribution in [3.63, 3.8) is 0 Å².